The topological polar surface area (TPSA) is 15.3 Å². The second kappa shape index (κ2) is 7.22. The summed E-state index contributed by atoms with van der Waals surface area (Å²) in [6.45, 7) is 0. The van der Waals surface area contributed by atoms with Crippen molar-refractivity contribution in [1.82, 2.24) is 10.2 Å². The molecule has 0 fully saturated rings. The highest BCUT2D eigenvalue weighted by Crippen LogP contribution is 2.24. The molecule has 0 saturated heterocycles. The van der Waals surface area contributed by atoms with Gasteiger partial charge in [-0.05, 0) is 38.7 Å². The molecule has 0 radical (unpaired) electrons. The van der Waals surface area contributed by atoms with E-state index in [0.717, 1.165) is 6.42 Å². The van der Waals surface area contributed by atoms with E-state index in [1.54, 1.807) is 0 Å². The van der Waals surface area contributed by atoms with E-state index in [0.29, 0.717) is 12.1 Å². The molecule has 0 aromatic heterocycles. The third-order valence-corrected chi connectivity index (χ3v) is 3.75. The van der Waals surface area contributed by atoms with Crippen LogP contribution in [-0.2, 0) is 6.42 Å². The predicted molar refractivity (Wildman–Crippen MR) is 85.9 cm³/mol. The summed E-state index contributed by atoms with van der Waals surface area (Å²) >= 11 is 0. The minimum absolute atomic E-state index is 0.362. The van der Waals surface area contributed by atoms with Crippen LogP contribution in [0.25, 0.3) is 0 Å². The summed E-state index contributed by atoms with van der Waals surface area (Å²) in [5.74, 6) is 0. The fraction of sp³-hybridized carbons (Fsp3) is 0.333. The molecule has 1 N–H and O–H groups in total. The second-order valence-electron chi connectivity index (χ2n) is 5.40. The standard InChI is InChI=1S/C18H24N2/c1-19-17(14-15-10-6-4-7-11-15)18(20(2)3)16-12-8-5-9-13-16/h4-13,17-19H,14H2,1-3H3. The first-order valence-corrected chi connectivity index (χ1v) is 7.15. The lowest BCUT2D eigenvalue weighted by Crippen LogP contribution is -2.41. The van der Waals surface area contributed by atoms with Gasteiger partial charge in [0.15, 0.2) is 0 Å². The van der Waals surface area contributed by atoms with Crippen LogP contribution in [0.5, 0.6) is 0 Å². The molecular weight excluding hydrogens is 244 g/mol. The van der Waals surface area contributed by atoms with Crippen LogP contribution in [0.1, 0.15) is 17.2 Å². The minimum Gasteiger partial charge on any atom is -0.315 e. The average molecular weight is 268 g/mol. The molecule has 2 aromatic carbocycles. The zero-order valence-electron chi connectivity index (χ0n) is 12.6. The van der Waals surface area contributed by atoms with E-state index in [1.165, 1.54) is 11.1 Å². The molecule has 0 spiro atoms. The molecule has 0 aliphatic carbocycles. The quantitative estimate of drug-likeness (QED) is 0.866. The molecule has 2 heteroatoms. The fourth-order valence-electron chi connectivity index (χ4n) is 2.78. The van der Waals surface area contributed by atoms with Gasteiger partial charge in [-0.25, -0.2) is 0 Å². The highest BCUT2D eigenvalue weighted by Gasteiger charge is 2.23. The van der Waals surface area contributed by atoms with Gasteiger partial charge in [0.05, 0.1) is 0 Å². The fourth-order valence-corrected chi connectivity index (χ4v) is 2.78. The van der Waals surface area contributed by atoms with Crippen LogP contribution in [0.15, 0.2) is 60.7 Å². The Morgan fingerprint density at radius 2 is 1.45 bits per heavy atom. The molecule has 20 heavy (non-hydrogen) atoms. The molecule has 0 saturated carbocycles. The molecule has 0 amide bonds. The van der Waals surface area contributed by atoms with Crippen LogP contribution in [-0.4, -0.2) is 32.1 Å². The Morgan fingerprint density at radius 3 is 1.95 bits per heavy atom. The van der Waals surface area contributed by atoms with E-state index in [-0.39, 0.29) is 0 Å². The van der Waals surface area contributed by atoms with Gasteiger partial charge >= 0.3 is 0 Å². The number of nitrogens with one attached hydrogen (secondary N) is 1. The number of nitrogens with zero attached hydrogens (tertiary/aromatic N) is 1. The van der Waals surface area contributed by atoms with Crippen molar-refractivity contribution in [1.29, 1.82) is 0 Å². The lowest BCUT2D eigenvalue weighted by molar-refractivity contribution is 0.236. The van der Waals surface area contributed by atoms with E-state index in [1.807, 2.05) is 7.05 Å². The molecular formula is C18H24N2. The Balaban J connectivity index is 2.22. The van der Waals surface area contributed by atoms with Crippen molar-refractivity contribution in [3.63, 3.8) is 0 Å². The molecule has 2 unspecified atom stereocenters. The zero-order chi connectivity index (χ0) is 14.4. The Labute approximate surface area is 122 Å². The molecule has 0 aliphatic heterocycles. The molecule has 0 heterocycles. The first-order valence-electron chi connectivity index (χ1n) is 7.15. The zero-order valence-corrected chi connectivity index (χ0v) is 12.6. The van der Waals surface area contributed by atoms with Crippen LogP contribution in [0.2, 0.25) is 0 Å². The van der Waals surface area contributed by atoms with Gasteiger partial charge in [-0.1, -0.05) is 60.7 Å². The first-order chi connectivity index (χ1) is 9.72. The van der Waals surface area contributed by atoms with Crippen LogP contribution < -0.4 is 5.32 Å². The first kappa shape index (κ1) is 14.8. The number of likely N-dealkylation sites (N-methyl/N-ethyl adjacent to an activating group) is 2. The van der Waals surface area contributed by atoms with Crippen molar-refractivity contribution >= 4 is 0 Å². The summed E-state index contributed by atoms with van der Waals surface area (Å²) in [5.41, 5.74) is 2.72. The Kier molecular flexibility index (Phi) is 5.33. The maximum absolute atomic E-state index is 3.49. The number of rotatable bonds is 6. The van der Waals surface area contributed by atoms with Gasteiger partial charge in [-0.3, -0.25) is 0 Å². The normalized spacial score (nSPS) is 14.2. The largest absolute Gasteiger partial charge is 0.315 e. The second-order valence-corrected chi connectivity index (χ2v) is 5.40. The number of hydrogen-bond acceptors (Lipinski definition) is 2. The van der Waals surface area contributed by atoms with Crippen LogP contribution in [0.3, 0.4) is 0 Å². The van der Waals surface area contributed by atoms with E-state index in [2.05, 4.69) is 85.0 Å². The van der Waals surface area contributed by atoms with Gasteiger partial charge in [0.25, 0.3) is 0 Å². The summed E-state index contributed by atoms with van der Waals surface area (Å²) in [7, 11) is 6.34. The third-order valence-electron chi connectivity index (χ3n) is 3.75. The van der Waals surface area contributed by atoms with Crippen molar-refractivity contribution in [3.05, 3.63) is 71.8 Å². The van der Waals surface area contributed by atoms with Crippen LogP contribution in [0, 0.1) is 0 Å². The van der Waals surface area contributed by atoms with E-state index in [9.17, 15) is 0 Å². The number of benzene rings is 2. The van der Waals surface area contributed by atoms with Crippen molar-refractivity contribution in [2.75, 3.05) is 21.1 Å². The lowest BCUT2D eigenvalue weighted by atomic mass is 9.93. The Hall–Kier alpha value is -1.64. The third kappa shape index (κ3) is 3.69. The monoisotopic (exact) mass is 268 g/mol. The van der Waals surface area contributed by atoms with Crippen molar-refractivity contribution in [2.45, 2.75) is 18.5 Å². The average Bonchev–Trinajstić information content (AvgIpc) is 2.48. The molecule has 0 aliphatic rings. The van der Waals surface area contributed by atoms with Gasteiger partial charge in [-0.2, -0.15) is 0 Å². The minimum atomic E-state index is 0.362. The van der Waals surface area contributed by atoms with Gasteiger partial charge in [0.2, 0.25) is 0 Å². The summed E-state index contributed by atoms with van der Waals surface area (Å²) in [6, 6.07) is 22.1. The maximum Gasteiger partial charge on any atom is 0.0499 e. The van der Waals surface area contributed by atoms with Crippen molar-refractivity contribution < 1.29 is 0 Å². The molecule has 2 rings (SSSR count). The number of hydrogen-bond donors (Lipinski definition) is 1. The van der Waals surface area contributed by atoms with Crippen LogP contribution >= 0.6 is 0 Å². The summed E-state index contributed by atoms with van der Waals surface area (Å²) in [6.07, 6.45) is 1.02. The van der Waals surface area contributed by atoms with Gasteiger partial charge in [0.1, 0.15) is 0 Å². The highest BCUT2D eigenvalue weighted by molar-refractivity contribution is 5.23. The Bertz CT molecular complexity index is 493. The van der Waals surface area contributed by atoms with E-state index in [4.69, 9.17) is 0 Å². The van der Waals surface area contributed by atoms with Crippen molar-refractivity contribution in [3.8, 4) is 0 Å². The Morgan fingerprint density at radius 1 is 0.900 bits per heavy atom. The van der Waals surface area contributed by atoms with Gasteiger partial charge < -0.3 is 10.2 Å². The summed E-state index contributed by atoms with van der Waals surface area (Å²) in [5, 5.41) is 3.49. The highest BCUT2D eigenvalue weighted by atomic mass is 15.1. The maximum atomic E-state index is 3.49. The van der Waals surface area contributed by atoms with Crippen molar-refractivity contribution in [2.24, 2.45) is 0 Å². The summed E-state index contributed by atoms with van der Waals surface area (Å²) in [4.78, 5) is 2.29. The van der Waals surface area contributed by atoms with E-state index >= 15 is 0 Å². The summed E-state index contributed by atoms with van der Waals surface area (Å²) < 4.78 is 0. The SMILES string of the molecule is CNC(Cc1ccccc1)C(c1ccccc1)N(C)C. The molecule has 2 atom stereocenters. The lowest BCUT2D eigenvalue weighted by Gasteiger charge is -2.33. The predicted octanol–water partition coefficient (Wildman–Crippen LogP) is 3.12. The van der Waals surface area contributed by atoms with Crippen LogP contribution in [0.4, 0.5) is 0 Å². The molecule has 106 valence electrons. The van der Waals surface area contributed by atoms with E-state index < -0.39 is 0 Å². The smallest absolute Gasteiger partial charge is 0.0499 e. The molecule has 2 nitrogen and oxygen atoms in total. The van der Waals surface area contributed by atoms with Gasteiger partial charge in [0, 0.05) is 12.1 Å². The molecule has 2 aromatic rings. The molecule has 0 bridgehead atoms. The van der Waals surface area contributed by atoms with Gasteiger partial charge in [-0.15, -0.1) is 0 Å².